The van der Waals surface area contributed by atoms with Crippen molar-refractivity contribution >= 4 is 35.4 Å². The molecule has 1 saturated carbocycles. The number of fused-ring (bicyclic) bond motifs is 1. The number of hydrogen-bond acceptors (Lipinski definition) is 7. The van der Waals surface area contributed by atoms with Crippen LogP contribution >= 0.6 is 11.8 Å². The van der Waals surface area contributed by atoms with E-state index < -0.39 is 29.8 Å². The zero-order valence-electron chi connectivity index (χ0n) is 21.7. The van der Waals surface area contributed by atoms with Crippen LogP contribution in [0.15, 0.2) is 122 Å². The third kappa shape index (κ3) is 5.53. The first-order chi connectivity index (χ1) is 19.7. The number of ether oxygens (including phenoxy) is 1. The van der Waals surface area contributed by atoms with Crippen molar-refractivity contribution in [2.75, 3.05) is 6.61 Å². The van der Waals surface area contributed by atoms with E-state index in [9.17, 15) is 9.59 Å². The average Bonchev–Trinajstić information content (AvgIpc) is 3.77. The number of allylic oxidation sites excluding steroid dienone is 1. The SMILES string of the molecule is O=C(OCC(=O)N1N=C2C(=Cc3ccco3)CCCC2C1c1ccco1)C(Sc1ccccc1)c1ccccc1. The Kier molecular flexibility index (Phi) is 7.68. The molecule has 0 N–H and O–H groups in total. The molecule has 3 atom stereocenters. The molecule has 0 saturated heterocycles. The van der Waals surface area contributed by atoms with Crippen molar-refractivity contribution in [3.8, 4) is 0 Å². The topological polar surface area (TPSA) is 85.3 Å². The van der Waals surface area contributed by atoms with Crippen molar-refractivity contribution in [2.45, 2.75) is 35.4 Å². The smallest absolute Gasteiger partial charge is 0.324 e. The van der Waals surface area contributed by atoms with Gasteiger partial charge >= 0.3 is 5.97 Å². The van der Waals surface area contributed by atoms with Crippen molar-refractivity contribution < 1.29 is 23.2 Å². The lowest BCUT2D eigenvalue weighted by Gasteiger charge is -2.27. The van der Waals surface area contributed by atoms with Crippen LogP contribution in [-0.4, -0.2) is 29.2 Å². The minimum atomic E-state index is -0.618. The molecule has 3 unspecified atom stereocenters. The molecule has 4 aromatic rings. The summed E-state index contributed by atoms with van der Waals surface area (Å²) in [4.78, 5) is 27.9. The molecule has 1 fully saturated rings. The highest BCUT2D eigenvalue weighted by molar-refractivity contribution is 8.00. The normalized spacial score (nSPS) is 20.1. The van der Waals surface area contributed by atoms with E-state index in [1.165, 1.54) is 16.8 Å². The van der Waals surface area contributed by atoms with Crippen molar-refractivity contribution in [3.05, 3.63) is 120 Å². The summed E-state index contributed by atoms with van der Waals surface area (Å²) in [5.41, 5.74) is 2.70. The van der Waals surface area contributed by atoms with E-state index in [4.69, 9.17) is 18.7 Å². The van der Waals surface area contributed by atoms with E-state index in [-0.39, 0.29) is 5.92 Å². The minimum Gasteiger partial charge on any atom is -0.467 e. The Labute approximate surface area is 236 Å². The van der Waals surface area contributed by atoms with E-state index >= 15 is 0 Å². The number of nitrogens with zero attached hydrogens (tertiary/aromatic N) is 2. The summed E-state index contributed by atoms with van der Waals surface area (Å²) in [6.45, 7) is -0.421. The third-order valence-corrected chi connectivity index (χ3v) is 8.35. The second-order valence-electron chi connectivity index (χ2n) is 9.70. The van der Waals surface area contributed by atoms with Crippen LogP contribution in [-0.2, 0) is 14.3 Å². The Bertz CT molecular complexity index is 1500. The zero-order valence-corrected chi connectivity index (χ0v) is 22.5. The molecule has 202 valence electrons. The molecular weight excluding hydrogens is 524 g/mol. The van der Waals surface area contributed by atoms with Gasteiger partial charge in [0.25, 0.3) is 5.91 Å². The number of thioether (sulfide) groups is 1. The Morgan fingerprint density at radius 1 is 0.975 bits per heavy atom. The van der Waals surface area contributed by atoms with E-state index in [1.807, 2.05) is 91.0 Å². The second-order valence-corrected chi connectivity index (χ2v) is 10.9. The lowest BCUT2D eigenvalue weighted by atomic mass is 9.79. The molecule has 1 amide bonds. The maximum atomic E-state index is 13.6. The Balaban J connectivity index is 1.23. The molecule has 0 radical (unpaired) electrons. The molecule has 0 spiro atoms. The van der Waals surface area contributed by atoms with Gasteiger partial charge in [0.05, 0.1) is 18.2 Å². The lowest BCUT2D eigenvalue weighted by Crippen LogP contribution is -2.34. The van der Waals surface area contributed by atoms with E-state index in [2.05, 4.69) is 0 Å². The third-order valence-electron chi connectivity index (χ3n) is 7.10. The van der Waals surface area contributed by atoms with Gasteiger partial charge in [-0.05, 0) is 72.9 Å². The molecule has 40 heavy (non-hydrogen) atoms. The molecule has 2 aliphatic rings. The molecular formula is C32H28N2O5S. The minimum absolute atomic E-state index is 0.0218. The maximum Gasteiger partial charge on any atom is 0.324 e. The summed E-state index contributed by atoms with van der Waals surface area (Å²) < 4.78 is 16.9. The summed E-state index contributed by atoms with van der Waals surface area (Å²) >= 11 is 1.39. The first-order valence-electron chi connectivity index (χ1n) is 13.3. The monoisotopic (exact) mass is 552 g/mol. The largest absolute Gasteiger partial charge is 0.467 e. The van der Waals surface area contributed by atoms with Gasteiger partial charge in [0, 0.05) is 10.8 Å². The number of rotatable bonds is 8. The lowest BCUT2D eigenvalue weighted by molar-refractivity contribution is -0.152. The van der Waals surface area contributed by atoms with Gasteiger partial charge < -0.3 is 13.6 Å². The van der Waals surface area contributed by atoms with Crippen molar-refractivity contribution in [2.24, 2.45) is 11.0 Å². The number of carbonyl (C=O) groups is 2. The predicted molar refractivity (Wildman–Crippen MR) is 152 cm³/mol. The number of furan rings is 2. The Morgan fingerprint density at radius 2 is 1.73 bits per heavy atom. The molecule has 1 aliphatic heterocycles. The Hall–Kier alpha value is -4.30. The first-order valence-corrected chi connectivity index (χ1v) is 14.2. The summed E-state index contributed by atoms with van der Waals surface area (Å²) in [6.07, 6.45) is 7.89. The average molecular weight is 553 g/mol. The Morgan fingerprint density at radius 3 is 2.45 bits per heavy atom. The quantitative estimate of drug-likeness (QED) is 0.172. The molecule has 2 aromatic heterocycles. The van der Waals surface area contributed by atoms with Gasteiger partial charge in [-0.15, -0.1) is 11.8 Å². The van der Waals surface area contributed by atoms with Gasteiger partial charge in [0.2, 0.25) is 0 Å². The molecule has 1 aliphatic carbocycles. The van der Waals surface area contributed by atoms with Crippen molar-refractivity contribution in [3.63, 3.8) is 0 Å². The molecule has 0 bridgehead atoms. The fourth-order valence-corrected chi connectivity index (χ4v) is 6.32. The van der Waals surface area contributed by atoms with Crippen molar-refractivity contribution in [1.82, 2.24) is 5.01 Å². The fourth-order valence-electron chi connectivity index (χ4n) is 5.28. The van der Waals surface area contributed by atoms with Crippen LogP contribution < -0.4 is 0 Å². The first kappa shape index (κ1) is 26.0. The van der Waals surface area contributed by atoms with Crippen LogP contribution in [0, 0.1) is 5.92 Å². The van der Waals surface area contributed by atoms with Crippen LogP contribution in [0.2, 0.25) is 0 Å². The zero-order chi connectivity index (χ0) is 27.3. The fraction of sp³-hybridized carbons (Fsp3) is 0.219. The van der Waals surface area contributed by atoms with Crippen LogP contribution in [0.4, 0.5) is 0 Å². The van der Waals surface area contributed by atoms with Gasteiger partial charge in [-0.1, -0.05) is 48.5 Å². The number of amides is 1. The van der Waals surface area contributed by atoms with Gasteiger partial charge in [-0.25, -0.2) is 5.01 Å². The summed E-state index contributed by atoms with van der Waals surface area (Å²) in [7, 11) is 0. The molecule has 7 nitrogen and oxygen atoms in total. The van der Waals surface area contributed by atoms with Crippen LogP contribution in [0.3, 0.4) is 0 Å². The van der Waals surface area contributed by atoms with Gasteiger partial charge in [0.15, 0.2) is 6.61 Å². The van der Waals surface area contributed by atoms with Crippen LogP contribution in [0.25, 0.3) is 6.08 Å². The number of esters is 1. The highest BCUT2D eigenvalue weighted by atomic mass is 32.2. The van der Waals surface area contributed by atoms with Gasteiger partial charge in [-0.3, -0.25) is 9.59 Å². The standard InChI is InChI=1S/C32H28N2O5S/c35-28(21-39-32(36)31(22-10-3-1-4-11-22)40-25-14-5-2-6-15-25)34-30(27-17-9-19-38-27)26-16-7-12-23(29(26)33-34)20-24-13-8-18-37-24/h1-6,8-11,13-15,17-20,26,30-31H,7,12,16,21H2. The van der Waals surface area contributed by atoms with Crippen LogP contribution in [0.1, 0.15) is 47.6 Å². The van der Waals surface area contributed by atoms with E-state index in [0.29, 0.717) is 5.76 Å². The number of hydrogen-bond donors (Lipinski definition) is 0. The summed E-state index contributed by atoms with van der Waals surface area (Å²) in [5.74, 6) is 0.501. The number of benzene rings is 2. The second kappa shape index (κ2) is 11.8. The molecule has 3 heterocycles. The van der Waals surface area contributed by atoms with Crippen LogP contribution in [0.5, 0.6) is 0 Å². The summed E-state index contributed by atoms with van der Waals surface area (Å²) in [5, 5.41) is 5.61. The number of carbonyl (C=O) groups excluding carboxylic acids is 2. The van der Waals surface area contributed by atoms with Gasteiger partial charge in [0.1, 0.15) is 22.8 Å². The summed E-state index contributed by atoms with van der Waals surface area (Å²) in [6, 6.07) is 26.1. The predicted octanol–water partition coefficient (Wildman–Crippen LogP) is 7.07. The molecule has 6 rings (SSSR count). The number of hydrazone groups is 1. The highest BCUT2D eigenvalue weighted by Gasteiger charge is 2.45. The van der Waals surface area contributed by atoms with Crippen molar-refractivity contribution in [1.29, 1.82) is 0 Å². The van der Waals surface area contributed by atoms with Gasteiger partial charge in [-0.2, -0.15) is 5.10 Å². The maximum absolute atomic E-state index is 13.6. The molecule has 8 heteroatoms. The van der Waals surface area contributed by atoms with E-state index in [1.54, 1.807) is 12.5 Å². The molecule has 2 aromatic carbocycles. The van der Waals surface area contributed by atoms with E-state index in [0.717, 1.165) is 46.8 Å². The highest BCUT2D eigenvalue weighted by Crippen LogP contribution is 2.44.